The van der Waals surface area contributed by atoms with E-state index in [1.54, 1.807) is 6.92 Å². The van der Waals surface area contributed by atoms with Crippen LogP contribution in [0.1, 0.15) is 11.6 Å². The van der Waals surface area contributed by atoms with Crippen molar-refractivity contribution >= 4 is 0 Å². The van der Waals surface area contributed by atoms with Gasteiger partial charge in [-0.2, -0.15) is 0 Å². The molecule has 3 N–H and O–H groups in total. The molecule has 0 aliphatic carbocycles. The van der Waals surface area contributed by atoms with E-state index in [0.29, 0.717) is 5.56 Å². The maximum Gasteiger partial charge on any atom is 0.328 e. The Hall–Kier alpha value is -1.44. The second kappa shape index (κ2) is 5.05. The quantitative estimate of drug-likeness (QED) is 0.603. The summed E-state index contributed by atoms with van der Waals surface area (Å²) in [6.45, 7) is 1.42. The fourth-order valence-electron chi connectivity index (χ4n) is 2.26. The summed E-state index contributed by atoms with van der Waals surface area (Å²) in [5.74, 6) is -0.363. The second-order valence-corrected chi connectivity index (χ2v) is 4.45. The van der Waals surface area contributed by atoms with E-state index in [0.717, 1.165) is 0 Å². The third-order valence-corrected chi connectivity index (χ3v) is 3.35. The fourth-order valence-corrected chi connectivity index (χ4v) is 2.26. The summed E-state index contributed by atoms with van der Waals surface area (Å²) in [6.07, 6.45) is 0.969. The SMILES string of the molecule is Cc1cn([C@@H]2CO[C@H](CO)[C@H]2CO)c(=O)[nH]c1=O. The van der Waals surface area contributed by atoms with E-state index in [4.69, 9.17) is 9.84 Å². The molecule has 100 valence electrons. The number of nitrogens with zero attached hydrogens (tertiary/aromatic N) is 1. The van der Waals surface area contributed by atoms with Crippen molar-refractivity contribution in [3.05, 3.63) is 32.6 Å². The molecule has 18 heavy (non-hydrogen) atoms. The van der Waals surface area contributed by atoms with E-state index in [2.05, 4.69) is 4.98 Å². The Kier molecular flexibility index (Phi) is 3.65. The van der Waals surface area contributed by atoms with Crippen LogP contribution >= 0.6 is 0 Å². The molecule has 1 aliphatic heterocycles. The number of rotatable bonds is 3. The maximum absolute atomic E-state index is 11.7. The molecule has 1 saturated heterocycles. The smallest absolute Gasteiger partial charge is 0.328 e. The molecule has 3 atom stereocenters. The molecule has 0 radical (unpaired) electrons. The van der Waals surface area contributed by atoms with E-state index < -0.39 is 17.4 Å². The summed E-state index contributed by atoms with van der Waals surface area (Å²) < 4.78 is 6.69. The first-order chi connectivity index (χ1) is 8.58. The molecule has 0 unspecified atom stereocenters. The number of ether oxygens (including phenoxy) is 1. The Bertz CT molecular complexity index is 535. The van der Waals surface area contributed by atoms with Gasteiger partial charge < -0.3 is 14.9 Å². The maximum atomic E-state index is 11.7. The van der Waals surface area contributed by atoms with Crippen LogP contribution in [0.5, 0.6) is 0 Å². The zero-order valence-electron chi connectivity index (χ0n) is 10.00. The minimum absolute atomic E-state index is 0.194. The lowest BCUT2D eigenvalue weighted by Crippen LogP contribution is -2.37. The second-order valence-electron chi connectivity index (χ2n) is 4.45. The minimum Gasteiger partial charge on any atom is -0.396 e. The van der Waals surface area contributed by atoms with Gasteiger partial charge in [0.05, 0.1) is 32.0 Å². The Morgan fingerprint density at radius 1 is 1.44 bits per heavy atom. The van der Waals surface area contributed by atoms with Crippen molar-refractivity contribution in [1.82, 2.24) is 9.55 Å². The van der Waals surface area contributed by atoms with Gasteiger partial charge in [0.1, 0.15) is 0 Å². The third kappa shape index (κ3) is 2.12. The zero-order chi connectivity index (χ0) is 13.3. The first-order valence-corrected chi connectivity index (χ1v) is 5.74. The highest BCUT2D eigenvalue weighted by atomic mass is 16.5. The lowest BCUT2D eigenvalue weighted by atomic mass is 9.98. The lowest BCUT2D eigenvalue weighted by Gasteiger charge is -2.21. The van der Waals surface area contributed by atoms with E-state index in [1.807, 2.05) is 0 Å². The predicted octanol–water partition coefficient (Wildman–Crippen LogP) is -1.61. The van der Waals surface area contributed by atoms with Gasteiger partial charge >= 0.3 is 5.69 Å². The van der Waals surface area contributed by atoms with Crippen LogP contribution in [0.2, 0.25) is 0 Å². The van der Waals surface area contributed by atoms with E-state index in [1.165, 1.54) is 10.8 Å². The van der Waals surface area contributed by atoms with Gasteiger partial charge in [0.25, 0.3) is 5.56 Å². The third-order valence-electron chi connectivity index (χ3n) is 3.35. The van der Waals surface area contributed by atoms with Gasteiger partial charge in [0.15, 0.2) is 0 Å². The van der Waals surface area contributed by atoms with Crippen LogP contribution in [0.3, 0.4) is 0 Å². The molecule has 7 nitrogen and oxygen atoms in total. The highest BCUT2D eigenvalue weighted by Gasteiger charge is 2.38. The highest BCUT2D eigenvalue weighted by molar-refractivity contribution is 5.03. The monoisotopic (exact) mass is 256 g/mol. The molecule has 0 saturated carbocycles. The van der Waals surface area contributed by atoms with Crippen molar-refractivity contribution < 1.29 is 14.9 Å². The average Bonchev–Trinajstić information content (AvgIpc) is 2.76. The molecule has 1 aromatic heterocycles. The topological polar surface area (TPSA) is 105 Å². The number of H-pyrrole nitrogens is 1. The molecule has 0 aromatic carbocycles. The Morgan fingerprint density at radius 2 is 2.17 bits per heavy atom. The minimum atomic E-state index is -0.531. The first-order valence-electron chi connectivity index (χ1n) is 5.74. The van der Waals surface area contributed by atoms with Crippen LogP contribution in [0.4, 0.5) is 0 Å². The number of aryl methyl sites for hydroxylation is 1. The zero-order valence-corrected chi connectivity index (χ0v) is 10.00. The number of nitrogens with one attached hydrogen (secondary N) is 1. The van der Waals surface area contributed by atoms with E-state index in [9.17, 15) is 14.7 Å². The molecular weight excluding hydrogens is 240 g/mol. The molecule has 2 rings (SSSR count). The van der Waals surface area contributed by atoms with Crippen molar-refractivity contribution in [1.29, 1.82) is 0 Å². The van der Waals surface area contributed by atoms with Crippen molar-refractivity contribution in [2.24, 2.45) is 5.92 Å². The van der Waals surface area contributed by atoms with Crippen molar-refractivity contribution in [2.75, 3.05) is 19.8 Å². The molecule has 1 aromatic rings. The van der Waals surface area contributed by atoms with Gasteiger partial charge in [-0.15, -0.1) is 0 Å². The number of hydrogen-bond donors (Lipinski definition) is 3. The predicted molar refractivity (Wildman–Crippen MR) is 62.5 cm³/mol. The van der Waals surface area contributed by atoms with Gasteiger partial charge in [-0.3, -0.25) is 14.3 Å². The summed E-state index contributed by atoms with van der Waals surface area (Å²) >= 11 is 0. The summed E-state index contributed by atoms with van der Waals surface area (Å²) in [5.41, 5.74) is -0.538. The standard InChI is InChI=1S/C11H16N2O5/c1-6-2-13(11(17)12-10(6)16)8-5-18-9(4-15)7(8)3-14/h2,7-9,14-15H,3-5H2,1H3,(H,12,16,17)/t7-,8+,9+/m0/s1. The summed E-state index contributed by atoms with van der Waals surface area (Å²) in [6, 6.07) is -0.379. The van der Waals surface area contributed by atoms with Crippen molar-refractivity contribution in [2.45, 2.75) is 19.1 Å². The van der Waals surface area contributed by atoms with Crippen molar-refractivity contribution in [3.8, 4) is 0 Å². The van der Waals surface area contributed by atoms with Crippen LogP contribution in [0.15, 0.2) is 15.8 Å². The van der Waals surface area contributed by atoms with Gasteiger partial charge in [0.2, 0.25) is 0 Å². The number of hydrogen-bond acceptors (Lipinski definition) is 5. The molecule has 0 spiro atoms. The summed E-state index contributed by atoms with van der Waals surface area (Å²) in [5, 5.41) is 18.5. The number of aliphatic hydroxyl groups is 2. The molecule has 1 aliphatic rings. The molecule has 0 amide bonds. The summed E-state index contributed by atoms with van der Waals surface area (Å²) in [4.78, 5) is 25.2. The lowest BCUT2D eigenvalue weighted by molar-refractivity contribution is 0.0268. The van der Waals surface area contributed by atoms with Crippen LogP contribution in [0, 0.1) is 12.8 Å². The molecule has 2 heterocycles. The van der Waals surface area contributed by atoms with E-state index >= 15 is 0 Å². The van der Waals surface area contributed by atoms with Crippen molar-refractivity contribution in [3.63, 3.8) is 0 Å². The summed E-state index contributed by atoms with van der Waals surface area (Å²) in [7, 11) is 0. The average molecular weight is 256 g/mol. The highest BCUT2D eigenvalue weighted by Crippen LogP contribution is 2.29. The van der Waals surface area contributed by atoms with Gasteiger partial charge in [-0.1, -0.05) is 0 Å². The van der Waals surface area contributed by atoms with Gasteiger partial charge in [-0.05, 0) is 6.92 Å². The number of aliphatic hydroxyl groups excluding tert-OH is 2. The van der Waals surface area contributed by atoms with Gasteiger partial charge in [0, 0.05) is 17.7 Å². The first kappa shape index (κ1) is 13.0. The fraction of sp³-hybridized carbons (Fsp3) is 0.636. The molecule has 7 heteroatoms. The van der Waals surface area contributed by atoms with Crippen LogP contribution in [0.25, 0.3) is 0 Å². The molecule has 0 bridgehead atoms. The Morgan fingerprint density at radius 3 is 2.78 bits per heavy atom. The number of aromatic nitrogens is 2. The van der Waals surface area contributed by atoms with Crippen LogP contribution in [-0.2, 0) is 4.74 Å². The Labute approximate surface area is 103 Å². The Balaban J connectivity index is 2.40. The number of aromatic amines is 1. The van der Waals surface area contributed by atoms with Crippen LogP contribution < -0.4 is 11.2 Å². The van der Waals surface area contributed by atoms with E-state index in [-0.39, 0.29) is 31.8 Å². The normalized spacial score (nSPS) is 27.6. The molecule has 1 fully saturated rings. The van der Waals surface area contributed by atoms with Crippen LogP contribution in [-0.4, -0.2) is 45.7 Å². The molecular formula is C11H16N2O5. The van der Waals surface area contributed by atoms with Gasteiger partial charge in [-0.25, -0.2) is 4.79 Å². The largest absolute Gasteiger partial charge is 0.396 e.